The third-order valence-corrected chi connectivity index (χ3v) is 2.44. The molecule has 0 aliphatic heterocycles. The van der Waals surface area contributed by atoms with Crippen molar-refractivity contribution in [1.82, 2.24) is 4.98 Å². The SMILES string of the molecule is C[C@H](O)c1cccnc1N(C)CCOCCO. The minimum absolute atomic E-state index is 0.0340. The zero-order valence-corrected chi connectivity index (χ0v) is 10.3. The van der Waals surface area contributed by atoms with Crippen molar-refractivity contribution in [3.63, 3.8) is 0 Å². The molecule has 0 saturated heterocycles. The average Bonchev–Trinajstić information content (AvgIpc) is 2.34. The predicted molar refractivity (Wildman–Crippen MR) is 66.0 cm³/mol. The minimum atomic E-state index is -0.542. The molecule has 0 bridgehead atoms. The maximum absolute atomic E-state index is 9.63. The largest absolute Gasteiger partial charge is 0.394 e. The van der Waals surface area contributed by atoms with Crippen LogP contribution in [-0.2, 0) is 4.74 Å². The Labute approximate surface area is 102 Å². The molecule has 1 aromatic heterocycles. The van der Waals surface area contributed by atoms with E-state index >= 15 is 0 Å². The fourth-order valence-corrected chi connectivity index (χ4v) is 1.53. The molecule has 0 aromatic carbocycles. The molecule has 17 heavy (non-hydrogen) atoms. The Bertz CT molecular complexity index is 331. The van der Waals surface area contributed by atoms with E-state index in [9.17, 15) is 5.11 Å². The minimum Gasteiger partial charge on any atom is -0.394 e. The summed E-state index contributed by atoms with van der Waals surface area (Å²) < 4.78 is 5.19. The number of anilines is 1. The zero-order valence-electron chi connectivity index (χ0n) is 10.3. The summed E-state index contributed by atoms with van der Waals surface area (Å²) in [6.07, 6.45) is 1.16. The summed E-state index contributed by atoms with van der Waals surface area (Å²) in [6.45, 7) is 3.28. The van der Waals surface area contributed by atoms with Crippen molar-refractivity contribution in [2.45, 2.75) is 13.0 Å². The molecule has 0 aliphatic rings. The number of aliphatic hydroxyl groups is 2. The molecule has 5 nitrogen and oxygen atoms in total. The first-order valence-corrected chi connectivity index (χ1v) is 5.69. The molecule has 0 amide bonds. The van der Waals surface area contributed by atoms with E-state index in [2.05, 4.69) is 4.98 Å². The number of nitrogens with zero attached hydrogens (tertiary/aromatic N) is 2. The molecule has 0 unspecified atom stereocenters. The molecule has 0 radical (unpaired) electrons. The van der Waals surface area contributed by atoms with Crippen LogP contribution in [0.2, 0.25) is 0 Å². The van der Waals surface area contributed by atoms with Gasteiger partial charge in [0.2, 0.25) is 0 Å². The molecule has 1 heterocycles. The summed E-state index contributed by atoms with van der Waals surface area (Å²) in [5.41, 5.74) is 0.803. The van der Waals surface area contributed by atoms with Crippen LogP contribution in [0.3, 0.4) is 0 Å². The summed E-state index contributed by atoms with van der Waals surface area (Å²) in [6, 6.07) is 3.67. The van der Waals surface area contributed by atoms with Gasteiger partial charge in [0.15, 0.2) is 0 Å². The smallest absolute Gasteiger partial charge is 0.134 e. The summed E-state index contributed by atoms with van der Waals surface area (Å²) in [7, 11) is 1.90. The van der Waals surface area contributed by atoms with Gasteiger partial charge in [0.25, 0.3) is 0 Å². The Hall–Kier alpha value is -1.17. The number of hydrogen-bond donors (Lipinski definition) is 2. The maximum Gasteiger partial charge on any atom is 0.134 e. The summed E-state index contributed by atoms with van der Waals surface area (Å²) >= 11 is 0. The molecule has 96 valence electrons. The molecule has 0 spiro atoms. The first-order valence-electron chi connectivity index (χ1n) is 5.69. The lowest BCUT2D eigenvalue weighted by molar-refractivity contribution is 0.0970. The standard InChI is InChI=1S/C12H20N2O3/c1-10(16)11-4-3-5-13-12(11)14(2)6-8-17-9-7-15/h3-5,10,15-16H,6-9H2,1-2H3/t10-/m0/s1. The van der Waals surface area contributed by atoms with E-state index in [4.69, 9.17) is 9.84 Å². The second kappa shape index (κ2) is 7.21. The van der Waals surface area contributed by atoms with Gasteiger partial charge in [0, 0.05) is 25.4 Å². The van der Waals surface area contributed by atoms with Crippen molar-refractivity contribution in [2.24, 2.45) is 0 Å². The van der Waals surface area contributed by atoms with Gasteiger partial charge < -0.3 is 19.8 Å². The predicted octanol–water partition coefficient (Wildman–Crippen LogP) is 0.580. The van der Waals surface area contributed by atoms with E-state index < -0.39 is 6.10 Å². The molecule has 5 heteroatoms. The van der Waals surface area contributed by atoms with E-state index in [1.54, 1.807) is 13.1 Å². The van der Waals surface area contributed by atoms with Gasteiger partial charge in [0.1, 0.15) is 5.82 Å². The Morgan fingerprint density at radius 2 is 2.24 bits per heavy atom. The summed E-state index contributed by atoms with van der Waals surface area (Å²) in [5.74, 6) is 0.759. The van der Waals surface area contributed by atoms with Crippen LogP contribution in [0, 0.1) is 0 Å². The lowest BCUT2D eigenvalue weighted by Crippen LogP contribution is -2.25. The van der Waals surface area contributed by atoms with E-state index in [0.717, 1.165) is 11.4 Å². The van der Waals surface area contributed by atoms with E-state index in [1.165, 1.54) is 0 Å². The van der Waals surface area contributed by atoms with Crippen LogP contribution in [0.4, 0.5) is 5.82 Å². The van der Waals surface area contributed by atoms with Gasteiger partial charge in [-0.2, -0.15) is 0 Å². The van der Waals surface area contributed by atoms with Crippen molar-refractivity contribution in [2.75, 3.05) is 38.3 Å². The average molecular weight is 240 g/mol. The van der Waals surface area contributed by atoms with Crippen molar-refractivity contribution >= 4 is 5.82 Å². The van der Waals surface area contributed by atoms with Gasteiger partial charge in [-0.25, -0.2) is 4.98 Å². The monoisotopic (exact) mass is 240 g/mol. The molecule has 1 rings (SSSR count). The fraction of sp³-hybridized carbons (Fsp3) is 0.583. The number of hydrogen-bond acceptors (Lipinski definition) is 5. The number of aromatic nitrogens is 1. The highest BCUT2D eigenvalue weighted by molar-refractivity contribution is 5.46. The van der Waals surface area contributed by atoms with Crippen LogP contribution >= 0.6 is 0 Å². The van der Waals surface area contributed by atoms with Crippen LogP contribution in [0.1, 0.15) is 18.6 Å². The molecule has 1 atom stereocenters. The lowest BCUT2D eigenvalue weighted by atomic mass is 10.1. The zero-order chi connectivity index (χ0) is 12.7. The second-order valence-electron chi connectivity index (χ2n) is 3.85. The number of pyridine rings is 1. The first kappa shape index (κ1) is 13.9. The topological polar surface area (TPSA) is 65.8 Å². The van der Waals surface area contributed by atoms with Crippen molar-refractivity contribution in [3.05, 3.63) is 23.9 Å². The Morgan fingerprint density at radius 3 is 2.88 bits per heavy atom. The highest BCUT2D eigenvalue weighted by Gasteiger charge is 2.11. The third kappa shape index (κ3) is 4.30. The molecule has 0 saturated carbocycles. The number of ether oxygens (including phenoxy) is 1. The molecule has 0 aliphatic carbocycles. The first-order chi connectivity index (χ1) is 8.16. The maximum atomic E-state index is 9.63. The quantitative estimate of drug-likeness (QED) is 0.682. The molecule has 2 N–H and O–H groups in total. The molecule has 0 fully saturated rings. The van der Waals surface area contributed by atoms with Crippen molar-refractivity contribution < 1.29 is 14.9 Å². The summed E-state index contributed by atoms with van der Waals surface area (Å²) in [5, 5.41) is 18.2. The van der Waals surface area contributed by atoms with Crippen LogP contribution < -0.4 is 4.90 Å². The van der Waals surface area contributed by atoms with Crippen LogP contribution in [0.15, 0.2) is 18.3 Å². The van der Waals surface area contributed by atoms with Gasteiger partial charge >= 0.3 is 0 Å². The Kier molecular flexibility index (Phi) is 5.90. The highest BCUT2D eigenvalue weighted by atomic mass is 16.5. The van der Waals surface area contributed by atoms with Gasteiger partial charge in [0.05, 0.1) is 25.9 Å². The van der Waals surface area contributed by atoms with E-state index in [0.29, 0.717) is 19.8 Å². The van der Waals surface area contributed by atoms with Gasteiger partial charge in [-0.05, 0) is 13.0 Å². The van der Waals surface area contributed by atoms with Gasteiger partial charge in [-0.15, -0.1) is 0 Å². The van der Waals surface area contributed by atoms with E-state index in [1.807, 2.05) is 24.1 Å². The Morgan fingerprint density at radius 1 is 1.47 bits per heavy atom. The molecule has 1 aromatic rings. The van der Waals surface area contributed by atoms with E-state index in [-0.39, 0.29) is 6.61 Å². The second-order valence-corrected chi connectivity index (χ2v) is 3.85. The third-order valence-electron chi connectivity index (χ3n) is 2.44. The number of aliphatic hydroxyl groups excluding tert-OH is 2. The molecular weight excluding hydrogens is 220 g/mol. The number of rotatable bonds is 7. The fourth-order valence-electron chi connectivity index (χ4n) is 1.53. The normalized spacial score (nSPS) is 12.5. The number of likely N-dealkylation sites (N-methyl/N-ethyl adjacent to an activating group) is 1. The van der Waals surface area contributed by atoms with Crippen LogP contribution in [-0.4, -0.2) is 48.6 Å². The van der Waals surface area contributed by atoms with Gasteiger partial charge in [-0.3, -0.25) is 0 Å². The van der Waals surface area contributed by atoms with Gasteiger partial charge in [-0.1, -0.05) is 6.07 Å². The lowest BCUT2D eigenvalue weighted by Gasteiger charge is -2.21. The summed E-state index contributed by atoms with van der Waals surface area (Å²) in [4.78, 5) is 6.19. The Balaban J connectivity index is 2.58. The molecular formula is C12H20N2O3. The van der Waals surface area contributed by atoms with Crippen molar-refractivity contribution in [1.29, 1.82) is 0 Å². The van der Waals surface area contributed by atoms with Crippen LogP contribution in [0.5, 0.6) is 0 Å². The highest BCUT2D eigenvalue weighted by Crippen LogP contribution is 2.22. The van der Waals surface area contributed by atoms with Crippen LogP contribution in [0.25, 0.3) is 0 Å². The van der Waals surface area contributed by atoms with Crippen molar-refractivity contribution in [3.8, 4) is 0 Å².